The summed E-state index contributed by atoms with van der Waals surface area (Å²) in [6, 6.07) is -0.511. The molecule has 0 saturated heterocycles. The van der Waals surface area contributed by atoms with Crippen LogP contribution in [0.3, 0.4) is 0 Å². The maximum Gasteiger partial charge on any atom is 0.434 e. The second kappa shape index (κ2) is 6.33. The van der Waals surface area contributed by atoms with Crippen molar-refractivity contribution in [2.24, 2.45) is 11.7 Å². The number of carbonyl (C=O) groups excluding carboxylic acids is 1. The molecule has 2 unspecified atom stereocenters. The summed E-state index contributed by atoms with van der Waals surface area (Å²) in [7, 11) is 0. The van der Waals surface area contributed by atoms with Gasteiger partial charge in [0, 0.05) is 17.8 Å². The number of aromatic nitrogens is 1. The molecule has 19 heavy (non-hydrogen) atoms. The third-order valence-electron chi connectivity index (χ3n) is 2.64. The molecule has 0 aromatic carbocycles. The Morgan fingerprint density at radius 2 is 2.21 bits per heavy atom. The summed E-state index contributed by atoms with van der Waals surface area (Å²) in [5.74, 6) is -0.658. The number of alkyl halides is 3. The van der Waals surface area contributed by atoms with Crippen molar-refractivity contribution in [1.82, 2.24) is 10.3 Å². The SMILES string of the molecule is CCC(NC(=O)C(C)CN)c1nc(C(F)(F)F)cs1. The summed E-state index contributed by atoms with van der Waals surface area (Å²) >= 11 is 0.893. The van der Waals surface area contributed by atoms with Crippen LogP contribution in [0.4, 0.5) is 13.2 Å². The van der Waals surface area contributed by atoms with Crippen molar-refractivity contribution in [2.45, 2.75) is 32.5 Å². The largest absolute Gasteiger partial charge is 0.434 e. The third-order valence-corrected chi connectivity index (χ3v) is 3.59. The molecule has 0 bridgehead atoms. The van der Waals surface area contributed by atoms with Crippen LogP contribution >= 0.6 is 11.3 Å². The number of thiazole rings is 1. The molecule has 2 atom stereocenters. The van der Waals surface area contributed by atoms with Gasteiger partial charge in [-0.2, -0.15) is 13.2 Å². The standard InChI is InChI=1S/C11H16F3N3OS/c1-3-7(16-9(18)6(2)4-15)10-17-8(5-19-10)11(12,13)14/h5-7H,3-4,15H2,1-2H3,(H,16,18). The molecule has 0 saturated carbocycles. The van der Waals surface area contributed by atoms with Crippen LogP contribution in [0.15, 0.2) is 5.38 Å². The summed E-state index contributed by atoms with van der Waals surface area (Å²) in [6.07, 6.45) is -3.99. The predicted molar refractivity (Wildman–Crippen MR) is 66.5 cm³/mol. The van der Waals surface area contributed by atoms with E-state index in [1.54, 1.807) is 13.8 Å². The molecule has 0 fully saturated rings. The van der Waals surface area contributed by atoms with E-state index in [-0.39, 0.29) is 23.4 Å². The van der Waals surface area contributed by atoms with Crippen molar-refractivity contribution in [2.75, 3.05) is 6.54 Å². The lowest BCUT2D eigenvalue weighted by molar-refractivity contribution is -0.140. The summed E-state index contributed by atoms with van der Waals surface area (Å²) in [5.41, 5.74) is 4.44. The summed E-state index contributed by atoms with van der Waals surface area (Å²) in [4.78, 5) is 15.2. The van der Waals surface area contributed by atoms with Crippen molar-refractivity contribution < 1.29 is 18.0 Å². The van der Waals surface area contributed by atoms with Crippen LogP contribution in [0.1, 0.15) is 37.0 Å². The number of hydrogen-bond donors (Lipinski definition) is 2. The Morgan fingerprint density at radius 3 is 2.63 bits per heavy atom. The normalized spacial score (nSPS) is 15.1. The third kappa shape index (κ3) is 4.17. The number of hydrogen-bond acceptors (Lipinski definition) is 4. The maximum absolute atomic E-state index is 12.5. The van der Waals surface area contributed by atoms with Crippen LogP contribution in [0.2, 0.25) is 0 Å². The fraction of sp³-hybridized carbons (Fsp3) is 0.636. The zero-order valence-electron chi connectivity index (χ0n) is 10.6. The smallest absolute Gasteiger partial charge is 0.347 e. The van der Waals surface area contributed by atoms with E-state index in [4.69, 9.17) is 5.73 Å². The number of amides is 1. The maximum atomic E-state index is 12.5. The molecular formula is C11H16F3N3OS. The lowest BCUT2D eigenvalue weighted by Gasteiger charge is -2.17. The highest BCUT2D eigenvalue weighted by Crippen LogP contribution is 2.32. The molecule has 0 aliphatic carbocycles. The van der Waals surface area contributed by atoms with Crippen LogP contribution in [-0.2, 0) is 11.0 Å². The van der Waals surface area contributed by atoms with Crippen molar-refractivity contribution in [3.05, 3.63) is 16.1 Å². The average Bonchev–Trinajstić information content (AvgIpc) is 2.83. The molecule has 1 aromatic heterocycles. The van der Waals surface area contributed by atoms with E-state index < -0.39 is 17.9 Å². The molecule has 1 rings (SSSR count). The quantitative estimate of drug-likeness (QED) is 0.876. The first-order valence-corrected chi connectivity index (χ1v) is 6.70. The Bertz CT molecular complexity index is 433. The number of rotatable bonds is 5. The second-order valence-corrected chi connectivity index (χ2v) is 5.06. The molecule has 4 nitrogen and oxygen atoms in total. The highest BCUT2D eigenvalue weighted by molar-refractivity contribution is 7.09. The zero-order chi connectivity index (χ0) is 14.6. The van der Waals surface area contributed by atoms with Crippen LogP contribution in [0.5, 0.6) is 0 Å². The average molecular weight is 295 g/mol. The lowest BCUT2D eigenvalue weighted by Crippen LogP contribution is -2.35. The Morgan fingerprint density at radius 1 is 1.58 bits per heavy atom. The Kier molecular flexibility index (Phi) is 5.30. The van der Waals surface area contributed by atoms with Gasteiger partial charge in [-0.15, -0.1) is 11.3 Å². The van der Waals surface area contributed by atoms with Gasteiger partial charge in [-0.1, -0.05) is 13.8 Å². The van der Waals surface area contributed by atoms with Crippen LogP contribution < -0.4 is 11.1 Å². The molecule has 8 heteroatoms. The highest BCUT2D eigenvalue weighted by atomic mass is 32.1. The van der Waals surface area contributed by atoms with Crippen molar-refractivity contribution in [1.29, 1.82) is 0 Å². The van der Waals surface area contributed by atoms with Crippen molar-refractivity contribution in [3.8, 4) is 0 Å². The fourth-order valence-electron chi connectivity index (χ4n) is 1.34. The minimum atomic E-state index is -4.46. The van der Waals surface area contributed by atoms with Crippen LogP contribution in [-0.4, -0.2) is 17.4 Å². The number of halogens is 3. The van der Waals surface area contributed by atoms with Gasteiger partial charge in [-0.25, -0.2) is 4.98 Å². The fourth-order valence-corrected chi connectivity index (χ4v) is 2.30. The van der Waals surface area contributed by atoms with Gasteiger partial charge in [0.05, 0.1) is 6.04 Å². The van der Waals surface area contributed by atoms with Gasteiger partial charge >= 0.3 is 6.18 Å². The van der Waals surface area contributed by atoms with Crippen LogP contribution in [0, 0.1) is 5.92 Å². The summed E-state index contributed by atoms with van der Waals surface area (Å²) in [6.45, 7) is 3.62. The van der Waals surface area contributed by atoms with E-state index in [0.717, 1.165) is 16.7 Å². The van der Waals surface area contributed by atoms with Gasteiger partial charge < -0.3 is 11.1 Å². The Labute approximate surface area is 113 Å². The van der Waals surface area contributed by atoms with E-state index in [0.29, 0.717) is 6.42 Å². The first kappa shape index (κ1) is 15.9. The van der Waals surface area contributed by atoms with Gasteiger partial charge in [-0.3, -0.25) is 4.79 Å². The summed E-state index contributed by atoms with van der Waals surface area (Å²) in [5, 5.41) is 3.87. The Hall–Kier alpha value is -1.15. The number of nitrogens with zero attached hydrogens (tertiary/aromatic N) is 1. The van der Waals surface area contributed by atoms with E-state index in [1.165, 1.54) is 0 Å². The molecule has 0 aliphatic rings. The molecule has 1 heterocycles. The number of nitrogens with one attached hydrogen (secondary N) is 1. The second-order valence-electron chi connectivity index (χ2n) is 4.17. The first-order chi connectivity index (χ1) is 8.79. The minimum Gasteiger partial charge on any atom is -0.347 e. The van der Waals surface area contributed by atoms with Gasteiger partial charge in [-0.05, 0) is 6.42 Å². The molecule has 0 radical (unpaired) electrons. The topological polar surface area (TPSA) is 68.0 Å². The number of carbonyl (C=O) groups is 1. The van der Waals surface area contributed by atoms with E-state index in [1.807, 2.05) is 0 Å². The van der Waals surface area contributed by atoms with Gasteiger partial charge in [0.15, 0.2) is 5.69 Å². The monoisotopic (exact) mass is 295 g/mol. The van der Waals surface area contributed by atoms with E-state index >= 15 is 0 Å². The molecule has 3 N–H and O–H groups in total. The van der Waals surface area contributed by atoms with Crippen molar-refractivity contribution in [3.63, 3.8) is 0 Å². The molecular weight excluding hydrogens is 279 g/mol. The van der Waals surface area contributed by atoms with Gasteiger partial charge in [0.2, 0.25) is 5.91 Å². The first-order valence-electron chi connectivity index (χ1n) is 5.82. The highest BCUT2D eigenvalue weighted by Gasteiger charge is 2.34. The van der Waals surface area contributed by atoms with Crippen molar-refractivity contribution >= 4 is 17.2 Å². The predicted octanol–water partition coefficient (Wildman–Crippen LogP) is 2.32. The zero-order valence-corrected chi connectivity index (χ0v) is 11.4. The Balaban J connectivity index is 2.81. The van der Waals surface area contributed by atoms with Gasteiger partial charge in [0.25, 0.3) is 0 Å². The van der Waals surface area contributed by atoms with E-state index in [9.17, 15) is 18.0 Å². The summed E-state index contributed by atoms with van der Waals surface area (Å²) < 4.78 is 37.4. The number of nitrogens with two attached hydrogens (primary N) is 1. The van der Waals surface area contributed by atoms with Crippen LogP contribution in [0.25, 0.3) is 0 Å². The minimum absolute atomic E-state index is 0.188. The molecule has 1 amide bonds. The molecule has 108 valence electrons. The van der Waals surface area contributed by atoms with E-state index in [2.05, 4.69) is 10.3 Å². The van der Waals surface area contributed by atoms with Gasteiger partial charge in [0.1, 0.15) is 5.01 Å². The molecule has 0 spiro atoms. The lowest BCUT2D eigenvalue weighted by atomic mass is 10.1. The molecule has 0 aliphatic heterocycles. The molecule has 1 aromatic rings.